The zero-order valence-corrected chi connectivity index (χ0v) is 16.7. The lowest BCUT2D eigenvalue weighted by atomic mass is 10.1. The van der Waals surface area contributed by atoms with Crippen molar-refractivity contribution in [3.05, 3.63) is 66.2 Å². The van der Waals surface area contributed by atoms with Crippen LogP contribution in [0.1, 0.15) is 5.56 Å². The summed E-state index contributed by atoms with van der Waals surface area (Å²) in [6, 6.07) is 20.4. The SMILES string of the molecule is COc1cccc(CCNc2nc(-c3ccccc3)cc(N3CCOCC3)n2)c1. The third-order valence-electron chi connectivity index (χ3n) is 4.95. The summed E-state index contributed by atoms with van der Waals surface area (Å²) in [5.41, 5.74) is 3.22. The molecule has 2 heterocycles. The quantitative estimate of drug-likeness (QED) is 0.665. The molecule has 0 unspecified atom stereocenters. The third kappa shape index (κ3) is 5.03. The van der Waals surface area contributed by atoms with E-state index in [1.807, 2.05) is 30.3 Å². The zero-order valence-electron chi connectivity index (χ0n) is 16.7. The standard InChI is InChI=1S/C23H26N4O2/c1-28-20-9-5-6-18(16-20)10-11-24-23-25-21(19-7-3-2-4-8-19)17-22(26-23)27-12-14-29-15-13-27/h2-9,16-17H,10-15H2,1H3,(H,24,25,26). The van der Waals surface area contributed by atoms with Gasteiger partial charge in [0.1, 0.15) is 11.6 Å². The van der Waals surface area contributed by atoms with Crippen molar-refractivity contribution in [3.63, 3.8) is 0 Å². The Morgan fingerprint density at radius 3 is 2.62 bits per heavy atom. The molecule has 150 valence electrons. The van der Waals surface area contributed by atoms with Crippen molar-refractivity contribution >= 4 is 11.8 Å². The van der Waals surface area contributed by atoms with Gasteiger partial charge in [0.2, 0.25) is 5.95 Å². The van der Waals surface area contributed by atoms with E-state index in [0.29, 0.717) is 5.95 Å². The Hall–Kier alpha value is -3.12. The number of methoxy groups -OCH3 is 1. The van der Waals surface area contributed by atoms with Crippen molar-refractivity contribution in [1.82, 2.24) is 9.97 Å². The first kappa shape index (κ1) is 19.2. The molecule has 1 aliphatic heterocycles. The highest BCUT2D eigenvalue weighted by molar-refractivity contribution is 5.64. The summed E-state index contributed by atoms with van der Waals surface area (Å²) in [6.45, 7) is 3.88. The molecule has 0 spiro atoms. The van der Waals surface area contributed by atoms with Crippen molar-refractivity contribution in [1.29, 1.82) is 0 Å². The van der Waals surface area contributed by atoms with Crippen LogP contribution in [0.25, 0.3) is 11.3 Å². The number of rotatable bonds is 7. The van der Waals surface area contributed by atoms with Gasteiger partial charge in [0, 0.05) is 31.3 Å². The molecule has 2 aromatic carbocycles. The fourth-order valence-electron chi connectivity index (χ4n) is 3.37. The van der Waals surface area contributed by atoms with Gasteiger partial charge in [-0.2, -0.15) is 4.98 Å². The zero-order chi connectivity index (χ0) is 19.9. The lowest BCUT2D eigenvalue weighted by molar-refractivity contribution is 0.122. The lowest BCUT2D eigenvalue weighted by Crippen LogP contribution is -2.37. The summed E-state index contributed by atoms with van der Waals surface area (Å²) < 4.78 is 10.8. The highest BCUT2D eigenvalue weighted by Gasteiger charge is 2.15. The molecule has 0 aliphatic carbocycles. The van der Waals surface area contributed by atoms with Gasteiger partial charge in [-0.05, 0) is 24.1 Å². The maximum atomic E-state index is 5.49. The predicted molar refractivity (Wildman–Crippen MR) is 116 cm³/mol. The Morgan fingerprint density at radius 2 is 1.83 bits per heavy atom. The second-order valence-corrected chi connectivity index (χ2v) is 6.93. The van der Waals surface area contributed by atoms with Gasteiger partial charge in [-0.1, -0.05) is 42.5 Å². The maximum absolute atomic E-state index is 5.49. The van der Waals surface area contributed by atoms with Crippen molar-refractivity contribution < 1.29 is 9.47 Å². The van der Waals surface area contributed by atoms with Gasteiger partial charge in [0.05, 0.1) is 26.0 Å². The Kier molecular flexibility index (Phi) is 6.22. The Labute approximate surface area is 171 Å². The Balaban J connectivity index is 1.53. The van der Waals surface area contributed by atoms with E-state index in [9.17, 15) is 0 Å². The smallest absolute Gasteiger partial charge is 0.225 e. The highest BCUT2D eigenvalue weighted by Crippen LogP contribution is 2.24. The van der Waals surface area contributed by atoms with Crippen LogP contribution in [0, 0.1) is 0 Å². The summed E-state index contributed by atoms with van der Waals surface area (Å²) in [7, 11) is 1.69. The van der Waals surface area contributed by atoms with E-state index in [1.54, 1.807) is 7.11 Å². The number of nitrogens with one attached hydrogen (secondary N) is 1. The average molecular weight is 390 g/mol. The first-order valence-electron chi connectivity index (χ1n) is 9.96. The second kappa shape index (κ2) is 9.39. The van der Waals surface area contributed by atoms with Crippen molar-refractivity contribution in [2.45, 2.75) is 6.42 Å². The first-order chi connectivity index (χ1) is 14.3. The number of morpholine rings is 1. The van der Waals surface area contributed by atoms with E-state index in [2.05, 4.69) is 40.5 Å². The molecule has 0 bridgehead atoms. The second-order valence-electron chi connectivity index (χ2n) is 6.93. The fourth-order valence-corrected chi connectivity index (χ4v) is 3.37. The molecule has 1 aromatic heterocycles. The third-order valence-corrected chi connectivity index (χ3v) is 4.95. The minimum atomic E-state index is 0.649. The molecule has 0 radical (unpaired) electrons. The van der Waals surface area contributed by atoms with Gasteiger partial charge < -0.3 is 19.7 Å². The summed E-state index contributed by atoms with van der Waals surface area (Å²) in [6.07, 6.45) is 0.864. The van der Waals surface area contributed by atoms with Gasteiger partial charge in [0.15, 0.2) is 0 Å². The summed E-state index contributed by atoms with van der Waals surface area (Å²) in [5, 5.41) is 3.40. The summed E-state index contributed by atoms with van der Waals surface area (Å²) in [4.78, 5) is 11.8. The number of benzene rings is 2. The van der Waals surface area contributed by atoms with Gasteiger partial charge in [0.25, 0.3) is 0 Å². The van der Waals surface area contributed by atoms with Gasteiger partial charge in [-0.25, -0.2) is 4.98 Å². The molecular formula is C23H26N4O2. The molecule has 3 aromatic rings. The Bertz CT molecular complexity index is 927. The van der Waals surface area contributed by atoms with Crippen LogP contribution in [-0.2, 0) is 11.2 Å². The van der Waals surface area contributed by atoms with Crippen molar-refractivity contribution in [2.24, 2.45) is 0 Å². The molecule has 29 heavy (non-hydrogen) atoms. The number of nitrogens with zero attached hydrogens (tertiary/aromatic N) is 3. The molecule has 1 N–H and O–H groups in total. The molecule has 1 fully saturated rings. The number of ether oxygens (including phenoxy) is 2. The van der Waals surface area contributed by atoms with E-state index in [1.165, 1.54) is 5.56 Å². The molecule has 0 saturated carbocycles. The fraction of sp³-hybridized carbons (Fsp3) is 0.304. The number of aromatic nitrogens is 2. The maximum Gasteiger partial charge on any atom is 0.225 e. The van der Waals surface area contributed by atoms with Gasteiger partial charge in [-0.15, -0.1) is 0 Å². The van der Waals surface area contributed by atoms with E-state index in [4.69, 9.17) is 19.4 Å². The summed E-state index contributed by atoms with van der Waals surface area (Å²) >= 11 is 0. The lowest BCUT2D eigenvalue weighted by Gasteiger charge is -2.28. The van der Waals surface area contributed by atoms with Crippen molar-refractivity contribution in [3.8, 4) is 17.0 Å². The van der Waals surface area contributed by atoms with Crippen LogP contribution in [-0.4, -0.2) is 49.9 Å². The summed E-state index contributed by atoms with van der Waals surface area (Å²) in [5.74, 6) is 2.46. The van der Waals surface area contributed by atoms with Crippen LogP contribution in [0.4, 0.5) is 11.8 Å². The van der Waals surface area contributed by atoms with Gasteiger partial charge >= 0.3 is 0 Å². The minimum Gasteiger partial charge on any atom is -0.497 e. The van der Waals surface area contributed by atoms with E-state index in [-0.39, 0.29) is 0 Å². The minimum absolute atomic E-state index is 0.649. The van der Waals surface area contributed by atoms with Gasteiger partial charge in [-0.3, -0.25) is 0 Å². The molecule has 0 amide bonds. The Morgan fingerprint density at radius 1 is 1.00 bits per heavy atom. The van der Waals surface area contributed by atoms with Crippen LogP contribution in [0.3, 0.4) is 0 Å². The molecule has 1 saturated heterocycles. The van der Waals surface area contributed by atoms with Crippen molar-refractivity contribution in [2.75, 3.05) is 50.2 Å². The largest absolute Gasteiger partial charge is 0.497 e. The van der Waals surface area contributed by atoms with Crippen LogP contribution in [0.15, 0.2) is 60.7 Å². The highest BCUT2D eigenvalue weighted by atomic mass is 16.5. The van der Waals surface area contributed by atoms with E-state index >= 15 is 0 Å². The molecule has 6 heteroatoms. The molecule has 6 nitrogen and oxygen atoms in total. The number of hydrogen-bond donors (Lipinski definition) is 1. The van der Waals surface area contributed by atoms with Crippen LogP contribution in [0.2, 0.25) is 0 Å². The molecular weight excluding hydrogens is 364 g/mol. The molecule has 0 atom stereocenters. The van der Waals surface area contributed by atoms with Crippen LogP contribution in [0.5, 0.6) is 5.75 Å². The van der Waals surface area contributed by atoms with Crippen LogP contribution < -0.4 is 15.0 Å². The predicted octanol–water partition coefficient (Wildman–Crippen LogP) is 3.64. The first-order valence-corrected chi connectivity index (χ1v) is 9.96. The average Bonchev–Trinajstić information content (AvgIpc) is 2.80. The molecule has 1 aliphatic rings. The normalized spacial score (nSPS) is 13.9. The number of anilines is 2. The number of hydrogen-bond acceptors (Lipinski definition) is 6. The van der Waals surface area contributed by atoms with Crippen LogP contribution >= 0.6 is 0 Å². The topological polar surface area (TPSA) is 59.5 Å². The van der Waals surface area contributed by atoms with E-state index < -0.39 is 0 Å². The monoisotopic (exact) mass is 390 g/mol. The molecule has 4 rings (SSSR count). The van der Waals surface area contributed by atoms with E-state index in [0.717, 1.165) is 62.1 Å².